The van der Waals surface area contributed by atoms with E-state index >= 15 is 0 Å². The lowest BCUT2D eigenvalue weighted by Crippen LogP contribution is -2.44. The fraction of sp³-hybridized carbons (Fsp3) is 0.588. The van der Waals surface area contributed by atoms with Crippen LogP contribution in [0.15, 0.2) is 24.3 Å². The van der Waals surface area contributed by atoms with Crippen LogP contribution in [-0.4, -0.2) is 56.7 Å². The maximum absolute atomic E-state index is 13.0. The van der Waals surface area contributed by atoms with Gasteiger partial charge in [0, 0.05) is 33.3 Å². The monoisotopic (exact) mass is 395 g/mol. The molecule has 0 radical (unpaired) electrons. The Labute approximate surface area is 161 Å². The number of carbonyl (C=O) groups excluding carboxylic acids is 1. The number of nitrogens with zero attached hydrogens (tertiary/aromatic N) is 1. The summed E-state index contributed by atoms with van der Waals surface area (Å²) >= 11 is 0. The number of likely N-dealkylation sites (tertiary alicyclic amines) is 1. The highest BCUT2D eigenvalue weighted by molar-refractivity contribution is 5.85. The molecule has 1 aliphatic heterocycles. The van der Waals surface area contributed by atoms with Crippen LogP contribution >= 0.6 is 24.8 Å². The number of halogens is 3. The number of rotatable bonds is 9. The van der Waals surface area contributed by atoms with Crippen LogP contribution in [-0.2, 0) is 16.1 Å². The van der Waals surface area contributed by atoms with Crippen molar-refractivity contribution in [3.8, 4) is 0 Å². The molecule has 1 atom stereocenters. The Balaban J connectivity index is 0.00000288. The van der Waals surface area contributed by atoms with E-state index in [0.29, 0.717) is 19.7 Å². The Kier molecular flexibility index (Phi) is 12.8. The van der Waals surface area contributed by atoms with Gasteiger partial charge in [0.2, 0.25) is 5.91 Å². The molecule has 1 fully saturated rings. The lowest BCUT2D eigenvalue weighted by Gasteiger charge is -2.23. The van der Waals surface area contributed by atoms with E-state index in [0.717, 1.165) is 38.0 Å². The lowest BCUT2D eigenvalue weighted by atomic mass is 10.1. The molecule has 2 rings (SSSR count). The molecule has 1 aromatic rings. The van der Waals surface area contributed by atoms with Crippen molar-refractivity contribution in [2.75, 3.05) is 39.9 Å². The molecular weight excluding hydrogens is 368 g/mol. The minimum Gasteiger partial charge on any atom is -0.383 e. The fourth-order valence-electron chi connectivity index (χ4n) is 2.83. The summed E-state index contributed by atoms with van der Waals surface area (Å²) in [6, 6.07) is 6.40. The van der Waals surface area contributed by atoms with Crippen LogP contribution in [0.3, 0.4) is 0 Å². The summed E-state index contributed by atoms with van der Waals surface area (Å²) < 4.78 is 17.9. The predicted octanol–water partition coefficient (Wildman–Crippen LogP) is 1.99. The average molecular weight is 396 g/mol. The third kappa shape index (κ3) is 8.33. The summed E-state index contributed by atoms with van der Waals surface area (Å²) in [5.41, 5.74) is 1.03. The third-order valence-electron chi connectivity index (χ3n) is 4.05. The number of carbonyl (C=O) groups is 1. The van der Waals surface area contributed by atoms with Gasteiger partial charge in [0.25, 0.3) is 0 Å². The SMILES string of the molecule is COCCNCCNC(=O)C1CCCN1Cc1ccc(F)cc1.Cl.Cl. The van der Waals surface area contributed by atoms with Gasteiger partial charge in [0.1, 0.15) is 5.82 Å². The molecule has 25 heavy (non-hydrogen) atoms. The Bertz CT molecular complexity index is 491. The largest absolute Gasteiger partial charge is 0.383 e. The summed E-state index contributed by atoms with van der Waals surface area (Å²) in [4.78, 5) is 14.5. The average Bonchev–Trinajstić information content (AvgIpc) is 3.01. The first-order valence-electron chi connectivity index (χ1n) is 8.16. The van der Waals surface area contributed by atoms with E-state index in [1.54, 1.807) is 19.2 Å². The number of methoxy groups -OCH3 is 1. The van der Waals surface area contributed by atoms with E-state index in [-0.39, 0.29) is 42.6 Å². The summed E-state index contributed by atoms with van der Waals surface area (Å²) in [6.07, 6.45) is 1.90. The first-order chi connectivity index (χ1) is 11.2. The Morgan fingerprint density at radius 1 is 1.24 bits per heavy atom. The summed E-state index contributed by atoms with van der Waals surface area (Å²) in [5.74, 6) is -0.149. The Morgan fingerprint density at radius 2 is 1.96 bits per heavy atom. The summed E-state index contributed by atoms with van der Waals surface area (Å²) in [7, 11) is 1.67. The smallest absolute Gasteiger partial charge is 0.237 e. The second kappa shape index (κ2) is 13.3. The zero-order chi connectivity index (χ0) is 16.5. The molecule has 0 spiro atoms. The zero-order valence-corrected chi connectivity index (χ0v) is 16.1. The van der Waals surface area contributed by atoms with Gasteiger partial charge in [0.15, 0.2) is 0 Å². The molecular formula is C17H28Cl2FN3O2. The van der Waals surface area contributed by atoms with E-state index in [1.165, 1.54) is 12.1 Å². The molecule has 1 aliphatic rings. The lowest BCUT2D eigenvalue weighted by molar-refractivity contribution is -0.125. The van der Waals surface area contributed by atoms with Crippen LogP contribution in [0.2, 0.25) is 0 Å². The van der Waals surface area contributed by atoms with Crippen molar-refractivity contribution in [1.82, 2.24) is 15.5 Å². The van der Waals surface area contributed by atoms with Crippen molar-refractivity contribution in [2.24, 2.45) is 0 Å². The van der Waals surface area contributed by atoms with Crippen molar-refractivity contribution in [3.05, 3.63) is 35.6 Å². The van der Waals surface area contributed by atoms with Crippen LogP contribution in [0.4, 0.5) is 4.39 Å². The summed E-state index contributed by atoms with van der Waals surface area (Å²) in [6.45, 7) is 4.39. The number of ether oxygens (including phenoxy) is 1. The molecule has 1 heterocycles. The zero-order valence-electron chi connectivity index (χ0n) is 14.5. The van der Waals surface area contributed by atoms with Crippen molar-refractivity contribution >= 4 is 30.7 Å². The van der Waals surface area contributed by atoms with Gasteiger partial charge < -0.3 is 15.4 Å². The number of benzene rings is 1. The number of nitrogens with one attached hydrogen (secondary N) is 2. The maximum Gasteiger partial charge on any atom is 0.237 e. The normalized spacial score (nSPS) is 16.8. The van der Waals surface area contributed by atoms with Gasteiger partial charge >= 0.3 is 0 Å². The van der Waals surface area contributed by atoms with E-state index in [4.69, 9.17) is 4.74 Å². The molecule has 0 aromatic heterocycles. The summed E-state index contributed by atoms with van der Waals surface area (Å²) in [5, 5.41) is 6.18. The second-order valence-electron chi connectivity index (χ2n) is 5.79. The Hall–Kier alpha value is -0.920. The fourth-order valence-corrected chi connectivity index (χ4v) is 2.83. The van der Waals surface area contributed by atoms with Crippen LogP contribution < -0.4 is 10.6 Å². The van der Waals surface area contributed by atoms with Gasteiger partial charge in [-0.2, -0.15) is 0 Å². The van der Waals surface area contributed by atoms with Gasteiger partial charge in [-0.25, -0.2) is 4.39 Å². The van der Waals surface area contributed by atoms with Crippen molar-refractivity contribution in [2.45, 2.75) is 25.4 Å². The van der Waals surface area contributed by atoms with Gasteiger partial charge in [-0.15, -0.1) is 24.8 Å². The highest BCUT2D eigenvalue weighted by Gasteiger charge is 2.30. The topological polar surface area (TPSA) is 53.6 Å². The molecule has 0 saturated carbocycles. The molecule has 2 N–H and O–H groups in total. The second-order valence-corrected chi connectivity index (χ2v) is 5.79. The van der Waals surface area contributed by atoms with Crippen molar-refractivity contribution in [1.29, 1.82) is 0 Å². The molecule has 1 saturated heterocycles. The van der Waals surface area contributed by atoms with Gasteiger partial charge in [0.05, 0.1) is 12.6 Å². The highest BCUT2D eigenvalue weighted by Crippen LogP contribution is 2.20. The molecule has 144 valence electrons. The van der Waals surface area contributed by atoms with Crippen LogP contribution in [0.1, 0.15) is 18.4 Å². The first-order valence-corrected chi connectivity index (χ1v) is 8.16. The van der Waals surface area contributed by atoms with Crippen molar-refractivity contribution < 1.29 is 13.9 Å². The van der Waals surface area contributed by atoms with E-state index in [9.17, 15) is 9.18 Å². The molecule has 8 heteroatoms. The predicted molar refractivity (Wildman–Crippen MR) is 102 cm³/mol. The van der Waals surface area contributed by atoms with Gasteiger partial charge in [-0.05, 0) is 37.1 Å². The molecule has 1 aromatic carbocycles. The van der Waals surface area contributed by atoms with Gasteiger partial charge in [-0.1, -0.05) is 12.1 Å². The molecule has 5 nitrogen and oxygen atoms in total. The number of hydrogen-bond acceptors (Lipinski definition) is 4. The molecule has 0 bridgehead atoms. The standard InChI is InChI=1S/C17H26FN3O2.2ClH/c1-23-12-10-19-8-9-20-17(22)16-3-2-11-21(16)13-14-4-6-15(18)7-5-14;;/h4-7,16,19H,2-3,8-13H2,1H3,(H,20,22);2*1H. The third-order valence-corrected chi connectivity index (χ3v) is 4.05. The minimum absolute atomic E-state index is 0. The van der Waals surface area contributed by atoms with E-state index in [2.05, 4.69) is 15.5 Å². The van der Waals surface area contributed by atoms with Crippen LogP contribution in [0, 0.1) is 5.82 Å². The quantitative estimate of drug-likeness (QED) is 0.627. The van der Waals surface area contributed by atoms with Crippen molar-refractivity contribution in [3.63, 3.8) is 0 Å². The van der Waals surface area contributed by atoms with Crippen LogP contribution in [0.5, 0.6) is 0 Å². The minimum atomic E-state index is -0.231. The Morgan fingerprint density at radius 3 is 2.64 bits per heavy atom. The van der Waals surface area contributed by atoms with E-state index in [1.807, 2.05) is 0 Å². The van der Waals surface area contributed by atoms with Gasteiger partial charge in [-0.3, -0.25) is 9.69 Å². The molecule has 1 unspecified atom stereocenters. The molecule has 0 aliphatic carbocycles. The van der Waals surface area contributed by atoms with Crippen LogP contribution in [0.25, 0.3) is 0 Å². The molecule has 1 amide bonds. The highest BCUT2D eigenvalue weighted by atomic mass is 35.5. The number of hydrogen-bond donors (Lipinski definition) is 2. The maximum atomic E-state index is 13.0. The number of amides is 1. The first kappa shape index (κ1) is 24.1. The van der Waals surface area contributed by atoms with E-state index < -0.39 is 0 Å².